The van der Waals surface area contributed by atoms with Gasteiger partial charge in [0.05, 0.1) is 16.1 Å². The zero-order valence-corrected chi connectivity index (χ0v) is 11.9. The summed E-state index contributed by atoms with van der Waals surface area (Å²) in [4.78, 5) is 4.43. The van der Waals surface area contributed by atoms with E-state index in [4.69, 9.17) is 11.6 Å². The third kappa shape index (κ3) is 3.08. The van der Waals surface area contributed by atoms with Crippen molar-refractivity contribution < 1.29 is 0 Å². The van der Waals surface area contributed by atoms with Crippen molar-refractivity contribution in [1.29, 1.82) is 0 Å². The van der Waals surface area contributed by atoms with Crippen molar-refractivity contribution in [1.82, 2.24) is 4.98 Å². The predicted molar refractivity (Wildman–Crippen MR) is 75.1 cm³/mol. The van der Waals surface area contributed by atoms with E-state index in [9.17, 15) is 0 Å². The molecule has 0 aliphatic heterocycles. The molecular formula is C14H16ClNS. The average Bonchev–Trinajstić information content (AvgIpc) is 2.70. The minimum absolute atomic E-state index is 0.0259. The van der Waals surface area contributed by atoms with Gasteiger partial charge in [-0.3, -0.25) is 0 Å². The molecule has 0 fully saturated rings. The van der Waals surface area contributed by atoms with Gasteiger partial charge in [0.15, 0.2) is 0 Å². The highest BCUT2D eigenvalue weighted by atomic mass is 35.5. The van der Waals surface area contributed by atoms with E-state index >= 15 is 0 Å². The van der Waals surface area contributed by atoms with Gasteiger partial charge in [-0.05, 0) is 43.9 Å². The van der Waals surface area contributed by atoms with Crippen LogP contribution < -0.4 is 0 Å². The molecule has 2 aromatic rings. The first-order valence-corrected chi connectivity index (χ1v) is 7.00. The summed E-state index contributed by atoms with van der Waals surface area (Å²) in [5, 5.41) is 3.10. The summed E-state index contributed by atoms with van der Waals surface area (Å²) in [5.74, 6) is 0. The highest BCUT2D eigenvalue weighted by molar-refractivity contribution is 7.09. The smallest absolute Gasteiger partial charge is 0.0897 e. The molecule has 0 N–H and O–H groups in total. The summed E-state index contributed by atoms with van der Waals surface area (Å²) in [5.41, 5.74) is 4.91. The number of rotatable bonds is 3. The Morgan fingerprint density at radius 2 is 2.00 bits per heavy atom. The molecule has 0 saturated carbocycles. The third-order valence-electron chi connectivity index (χ3n) is 2.94. The molecule has 17 heavy (non-hydrogen) atoms. The number of hydrogen-bond acceptors (Lipinski definition) is 2. The van der Waals surface area contributed by atoms with Crippen molar-refractivity contribution in [2.75, 3.05) is 0 Å². The highest BCUT2D eigenvalue weighted by Gasteiger charge is 2.12. The molecule has 1 unspecified atom stereocenters. The van der Waals surface area contributed by atoms with Crippen molar-refractivity contribution in [3.8, 4) is 0 Å². The van der Waals surface area contributed by atoms with Crippen LogP contribution in [0.2, 0.25) is 0 Å². The van der Waals surface area contributed by atoms with E-state index in [1.54, 1.807) is 11.3 Å². The molecule has 0 amide bonds. The molecular weight excluding hydrogens is 250 g/mol. The zero-order chi connectivity index (χ0) is 12.4. The number of alkyl halides is 1. The van der Waals surface area contributed by atoms with Crippen LogP contribution in [0.25, 0.3) is 0 Å². The van der Waals surface area contributed by atoms with Gasteiger partial charge in [-0.25, -0.2) is 4.98 Å². The monoisotopic (exact) mass is 265 g/mol. The van der Waals surface area contributed by atoms with Crippen LogP contribution in [0.4, 0.5) is 0 Å². The van der Waals surface area contributed by atoms with E-state index in [0.29, 0.717) is 0 Å². The lowest BCUT2D eigenvalue weighted by Crippen LogP contribution is -1.97. The van der Waals surface area contributed by atoms with E-state index in [1.165, 1.54) is 16.7 Å². The van der Waals surface area contributed by atoms with Gasteiger partial charge in [0.25, 0.3) is 0 Å². The Morgan fingerprint density at radius 1 is 1.24 bits per heavy atom. The lowest BCUT2D eigenvalue weighted by molar-refractivity contribution is 0.881. The number of aryl methyl sites for hydroxylation is 3. The van der Waals surface area contributed by atoms with Gasteiger partial charge >= 0.3 is 0 Å². The Morgan fingerprint density at radius 3 is 2.59 bits per heavy atom. The molecule has 0 aliphatic rings. The Bertz CT molecular complexity index is 519. The Balaban J connectivity index is 2.12. The number of nitrogens with zero attached hydrogens (tertiary/aromatic N) is 1. The van der Waals surface area contributed by atoms with E-state index in [0.717, 1.165) is 17.1 Å². The first-order chi connectivity index (χ1) is 8.06. The fraction of sp³-hybridized carbons (Fsp3) is 0.357. The van der Waals surface area contributed by atoms with E-state index in [2.05, 4.69) is 37.0 Å². The lowest BCUT2D eigenvalue weighted by Gasteiger charge is -2.08. The van der Waals surface area contributed by atoms with Gasteiger partial charge in [0.2, 0.25) is 0 Å². The van der Waals surface area contributed by atoms with Crippen LogP contribution in [0, 0.1) is 20.8 Å². The molecule has 0 saturated heterocycles. The van der Waals surface area contributed by atoms with E-state index < -0.39 is 0 Å². The number of thiazole rings is 1. The van der Waals surface area contributed by atoms with Gasteiger partial charge in [0.1, 0.15) is 0 Å². The standard InChI is InChI=1S/C14H16ClNS/c1-9-4-5-12(6-10(9)2)7-13(15)14-8-17-11(3)16-14/h4-6,8,13H,7H2,1-3H3. The second-order valence-corrected chi connectivity index (χ2v) is 5.97. The maximum absolute atomic E-state index is 6.39. The third-order valence-corrected chi connectivity index (χ3v) is 4.11. The van der Waals surface area contributed by atoms with Gasteiger partial charge in [-0.15, -0.1) is 22.9 Å². The number of benzene rings is 1. The second-order valence-electron chi connectivity index (χ2n) is 4.38. The van der Waals surface area contributed by atoms with Crippen LogP contribution >= 0.6 is 22.9 Å². The van der Waals surface area contributed by atoms with Crippen molar-refractivity contribution >= 4 is 22.9 Å². The van der Waals surface area contributed by atoms with Crippen molar-refractivity contribution in [2.24, 2.45) is 0 Å². The molecule has 1 aromatic heterocycles. The molecule has 1 atom stereocenters. The van der Waals surface area contributed by atoms with Crippen LogP contribution in [0.3, 0.4) is 0 Å². The van der Waals surface area contributed by atoms with Crippen LogP contribution in [-0.4, -0.2) is 4.98 Å². The zero-order valence-electron chi connectivity index (χ0n) is 10.3. The van der Waals surface area contributed by atoms with Crippen molar-refractivity contribution in [3.63, 3.8) is 0 Å². The highest BCUT2D eigenvalue weighted by Crippen LogP contribution is 2.26. The summed E-state index contributed by atoms with van der Waals surface area (Å²) >= 11 is 8.04. The number of aromatic nitrogens is 1. The SMILES string of the molecule is Cc1nc(C(Cl)Cc2ccc(C)c(C)c2)cs1. The first-order valence-electron chi connectivity index (χ1n) is 5.68. The minimum Gasteiger partial charge on any atom is -0.245 e. The molecule has 0 aliphatic carbocycles. The summed E-state index contributed by atoms with van der Waals surface area (Å²) in [6.45, 7) is 6.27. The van der Waals surface area contributed by atoms with Crippen molar-refractivity contribution in [2.45, 2.75) is 32.6 Å². The quantitative estimate of drug-likeness (QED) is 0.740. The molecule has 1 heterocycles. The van der Waals surface area contributed by atoms with Crippen molar-refractivity contribution in [3.05, 3.63) is 51.0 Å². The average molecular weight is 266 g/mol. The summed E-state index contributed by atoms with van der Waals surface area (Å²) < 4.78 is 0. The fourth-order valence-corrected chi connectivity index (χ4v) is 2.80. The number of halogens is 1. The van der Waals surface area contributed by atoms with Gasteiger partial charge in [-0.1, -0.05) is 18.2 Å². The molecule has 0 bridgehead atoms. The molecule has 1 aromatic carbocycles. The Labute approximate surface area is 111 Å². The summed E-state index contributed by atoms with van der Waals surface area (Å²) in [6, 6.07) is 6.52. The first kappa shape index (κ1) is 12.6. The topological polar surface area (TPSA) is 12.9 Å². The van der Waals surface area contributed by atoms with Crippen LogP contribution in [0.1, 0.15) is 32.8 Å². The molecule has 0 radical (unpaired) electrons. The van der Waals surface area contributed by atoms with E-state index in [1.807, 2.05) is 12.3 Å². The lowest BCUT2D eigenvalue weighted by atomic mass is 10.0. The molecule has 2 rings (SSSR count). The molecule has 1 nitrogen and oxygen atoms in total. The molecule has 3 heteroatoms. The summed E-state index contributed by atoms with van der Waals surface area (Å²) in [7, 11) is 0. The normalized spacial score (nSPS) is 12.7. The largest absolute Gasteiger partial charge is 0.245 e. The Hall–Kier alpha value is -0.860. The summed E-state index contributed by atoms with van der Waals surface area (Å²) in [6.07, 6.45) is 0.839. The van der Waals surface area contributed by atoms with Gasteiger partial charge in [0, 0.05) is 5.38 Å². The molecule has 0 spiro atoms. The molecule has 90 valence electrons. The second kappa shape index (κ2) is 5.19. The maximum Gasteiger partial charge on any atom is 0.0897 e. The van der Waals surface area contributed by atoms with Crippen LogP contribution in [0.15, 0.2) is 23.6 Å². The minimum atomic E-state index is -0.0259. The van der Waals surface area contributed by atoms with Gasteiger partial charge in [-0.2, -0.15) is 0 Å². The fourth-order valence-electron chi connectivity index (χ4n) is 1.77. The van der Waals surface area contributed by atoms with Crippen LogP contribution in [-0.2, 0) is 6.42 Å². The predicted octanol–water partition coefficient (Wildman–Crippen LogP) is 4.59. The van der Waals surface area contributed by atoms with Crippen LogP contribution in [0.5, 0.6) is 0 Å². The maximum atomic E-state index is 6.39. The Kier molecular flexibility index (Phi) is 3.85. The number of hydrogen-bond donors (Lipinski definition) is 0. The van der Waals surface area contributed by atoms with Gasteiger partial charge < -0.3 is 0 Å². The van der Waals surface area contributed by atoms with E-state index in [-0.39, 0.29) is 5.38 Å².